The average molecular weight is 348 g/mol. The van der Waals surface area contributed by atoms with Crippen molar-refractivity contribution in [3.05, 3.63) is 23.8 Å². The third kappa shape index (κ3) is 5.11. The van der Waals surface area contributed by atoms with E-state index < -0.39 is 0 Å². The monoisotopic (exact) mass is 347 g/mol. The van der Waals surface area contributed by atoms with Crippen molar-refractivity contribution < 1.29 is 9.90 Å². The third-order valence-corrected chi connectivity index (χ3v) is 5.70. The maximum absolute atomic E-state index is 12.3. The summed E-state index contributed by atoms with van der Waals surface area (Å²) in [6.45, 7) is 9.23. The fourth-order valence-electron chi connectivity index (χ4n) is 3.57. The van der Waals surface area contributed by atoms with Gasteiger partial charge in [0, 0.05) is 37.6 Å². The van der Waals surface area contributed by atoms with Gasteiger partial charge < -0.3 is 20.6 Å². The maximum atomic E-state index is 12.3. The third-order valence-electron chi connectivity index (χ3n) is 5.70. The lowest BCUT2D eigenvalue weighted by Gasteiger charge is -2.31. The molecular formula is C20H33N3O2. The van der Waals surface area contributed by atoms with Crippen LogP contribution in [0.1, 0.15) is 51.5 Å². The summed E-state index contributed by atoms with van der Waals surface area (Å²) in [7, 11) is 0. The van der Waals surface area contributed by atoms with Crippen LogP contribution in [0.2, 0.25) is 0 Å². The van der Waals surface area contributed by atoms with Crippen molar-refractivity contribution in [1.82, 2.24) is 5.32 Å². The minimum absolute atomic E-state index is 0.0270. The first-order valence-electron chi connectivity index (χ1n) is 9.55. The summed E-state index contributed by atoms with van der Waals surface area (Å²) in [5, 5.41) is 15.2. The van der Waals surface area contributed by atoms with Crippen LogP contribution in [-0.2, 0) is 0 Å². The Kier molecular flexibility index (Phi) is 7.12. The number of nitrogens with zero attached hydrogens (tertiary/aromatic N) is 1. The normalized spacial score (nSPS) is 14.6. The van der Waals surface area contributed by atoms with Crippen LogP contribution in [-0.4, -0.2) is 37.4 Å². The Bertz CT molecular complexity index is 564. The molecule has 3 N–H and O–H groups in total. The molecule has 1 aliphatic rings. The van der Waals surface area contributed by atoms with Gasteiger partial charge in [0.05, 0.1) is 0 Å². The van der Waals surface area contributed by atoms with Crippen LogP contribution in [0.5, 0.6) is 0 Å². The Balaban J connectivity index is 1.93. The Morgan fingerprint density at radius 3 is 2.48 bits per heavy atom. The van der Waals surface area contributed by atoms with Crippen LogP contribution in [0.3, 0.4) is 0 Å². The molecule has 25 heavy (non-hydrogen) atoms. The summed E-state index contributed by atoms with van der Waals surface area (Å²) in [5.41, 5.74) is 3.13. The first-order valence-corrected chi connectivity index (χ1v) is 9.55. The number of carbonyl (C=O) groups is 1. The smallest absolute Gasteiger partial charge is 0.319 e. The molecule has 1 aliphatic heterocycles. The second kappa shape index (κ2) is 9.09. The summed E-state index contributed by atoms with van der Waals surface area (Å²) in [6.07, 6.45) is 5.10. The number of aliphatic hydroxyl groups excluding tert-OH is 1. The number of rotatable bonds is 8. The standard InChI is InChI=1S/C20H33N3O2/c1-4-20(5-2,10-13-24)15-21-19(25)22-18-9-8-17(14-16(18)3)23-11-6-7-12-23/h8-9,14,24H,4-7,10-13,15H2,1-3H3,(H2,21,22,25). The highest BCUT2D eigenvalue weighted by molar-refractivity contribution is 5.90. The van der Waals surface area contributed by atoms with Gasteiger partial charge >= 0.3 is 6.03 Å². The molecule has 0 bridgehead atoms. The molecule has 0 aliphatic carbocycles. The summed E-state index contributed by atoms with van der Waals surface area (Å²) >= 11 is 0. The van der Waals surface area contributed by atoms with Crippen LogP contribution in [0, 0.1) is 12.3 Å². The van der Waals surface area contributed by atoms with Gasteiger partial charge in [-0.1, -0.05) is 13.8 Å². The van der Waals surface area contributed by atoms with Crippen molar-refractivity contribution in [2.24, 2.45) is 5.41 Å². The van der Waals surface area contributed by atoms with Gasteiger partial charge in [-0.3, -0.25) is 0 Å². The number of nitrogens with one attached hydrogen (secondary N) is 2. The first kappa shape index (κ1) is 19.6. The Morgan fingerprint density at radius 1 is 1.24 bits per heavy atom. The van der Waals surface area contributed by atoms with Crippen molar-refractivity contribution in [1.29, 1.82) is 0 Å². The molecule has 0 unspecified atom stereocenters. The number of hydrogen-bond acceptors (Lipinski definition) is 3. The highest BCUT2D eigenvalue weighted by atomic mass is 16.3. The number of urea groups is 1. The number of amides is 2. The lowest BCUT2D eigenvalue weighted by atomic mass is 9.79. The molecular weight excluding hydrogens is 314 g/mol. The van der Waals surface area contributed by atoms with E-state index in [4.69, 9.17) is 0 Å². The number of benzene rings is 1. The number of hydrogen-bond donors (Lipinski definition) is 3. The number of carbonyl (C=O) groups excluding carboxylic acids is 1. The van der Waals surface area contributed by atoms with E-state index in [1.54, 1.807) is 0 Å². The zero-order valence-electron chi connectivity index (χ0n) is 15.9. The second-order valence-corrected chi connectivity index (χ2v) is 7.18. The van der Waals surface area contributed by atoms with E-state index in [-0.39, 0.29) is 18.1 Å². The van der Waals surface area contributed by atoms with Crippen molar-refractivity contribution in [3.63, 3.8) is 0 Å². The van der Waals surface area contributed by atoms with Gasteiger partial charge in [-0.2, -0.15) is 0 Å². The lowest BCUT2D eigenvalue weighted by molar-refractivity contribution is 0.165. The molecule has 1 saturated heterocycles. The van der Waals surface area contributed by atoms with Gasteiger partial charge in [0.15, 0.2) is 0 Å². The average Bonchev–Trinajstić information content (AvgIpc) is 3.15. The van der Waals surface area contributed by atoms with Gasteiger partial charge in [0.25, 0.3) is 0 Å². The maximum Gasteiger partial charge on any atom is 0.319 e. The Labute approximate surface area is 151 Å². The van der Waals surface area contributed by atoms with Gasteiger partial charge in [-0.25, -0.2) is 4.79 Å². The van der Waals surface area contributed by atoms with E-state index in [0.29, 0.717) is 13.0 Å². The lowest BCUT2D eigenvalue weighted by Crippen LogP contribution is -2.39. The predicted octanol–water partition coefficient (Wildman–Crippen LogP) is 3.91. The highest BCUT2D eigenvalue weighted by Gasteiger charge is 2.26. The highest BCUT2D eigenvalue weighted by Crippen LogP contribution is 2.29. The first-order chi connectivity index (χ1) is 12.0. The van der Waals surface area contributed by atoms with Crippen molar-refractivity contribution >= 4 is 17.4 Å². The zero-order chi connectivity index (χ0) is 18.3. The van der Waals surface area contributed by atoms with Crippen LogP contribution < -0.4 is 15.5 Å². The van der Waals surface area contributed by atoms with E-state index in [9.17, 15) is 9.90 Å². The molecule has 1 fully saturated rings. The van der Waals surface area contributed by atoms with E-state index in [1.807, 2.05) is 13.0 Å². The second-order valence-electron chi connectivity index (χ2n) is 7.18. The summed E-state index contributed by atoms with van der Waals surface area (Å²) in [5.74, 6) is 0. The number of aliphatic hydroxyl groups is 1. The molecule has 1 aromatic carbocycles. The van der Waals surface area contributed by atoms with E-state index in [2.05, 4.69) is 41.5 Å². The van der Waals surface area contributed by atoms with E-state index in [1.165, 1.54) is 18.5 Å². The predicted molar refractivity (Wildman–Crippen MR) is 104 cm³/mol. The quantitative estimate of drug-likeness (QED) is 0.668. The van der Waals surface area contributed by atoms with Crippen molar-refractivity contribution in [3.8, 4) is 0 Å². The topological polar surface area (TPSA) is 64.6 Å². The van der Waals surface area contributed by atoms with Gasteiger partial charge in [0.2, 0.25) is 0 Å². The molecule has 2 rings (SSSR count). The fraction of sp³-hybridized carbons (Fsp3) is 0.650. The molecule has 0 saturated carbocycles. The Hall–Kier alpha value is -1.75. The van der Waals surface area contributed by atoms with E-state index >= 15 is 0 Å². The van der Waals surface area contributed by atoms with Gasteiger partial charge in [-0.15, -0.1) is 0 Å². The van der Waals surface area contributed by atoms with Crippen molar-refractivity contribution in [2.75, 3.05) is 36.5 Å². The molecule has 0 spiro atoms. The zero-order valence-corrected chi connectivity index (χ0v) is 15.9. The van der Waals surface area contributed by atoms with Crippen molar-refractivity contribution in [2.45, 2.75) is 52.9 Å². The number of anilines is 2. The minimum Gasteiger partial charge on any atom is -0.396 e. The summed E-state index contributed by atoms with van der Waals surface area (Å²) in [4.78, 5) is 14.7. The molecule has 0 radical (unpaired) electrons. The minimum atomic E-state index is -0.179. The molecule has 5 heteroatoms. The van der Waals surface area contributed by atoms with Crippen LogP contribution in [0.4, 0.5) is 16.2 Å². The SMILES string of the molecule is CCC(CC)(CCO)CNC(=O)Nc1ccc(N2CCCC2)cc1C. The van der Waals surface area contributed by atoms with Gasteiger partial charge in [-0.05, 0) is 68.2 Å². The molecule has 0 atom stereocenters. The molecule has 0 aromatic heterocycles. The largest absolute Gasteiger partial charge is 0.396 e. The van der Waals surface area contributed by atoms with Crippen LogP contribution >= 0.6 is 0 Å². The van der Waals surface area contributed by atoms with E-state index in [0.717, 1.165) is 37.2 Å². The number of aryl methyl sites for hydroxylation is 1. The molecule has 5 nitrogen and oxygen atoms in total. The fourth-order valence-corrected chi connectivity index (χ4v) is 3.57. The van der Waals surface area contributed by atoms with Gasteiger partial charge in [0.1, 0.15) is 0 Å². The summed E-state index contributed by atoms with van der Waals surface area (Å²) in [6, 6.07) is 6.04. The van der Waals surface area contributed by atoms with Crippen LogP contribution in [0.25, 0.3) is 0 Å². The molecule has 1 heterocycles. The molecule has 140 valence electrons. The van der Waals surface area contributed by atoms with Crippen LogP contribution in [0.15, 0.2) is 18.2 Å². The summed E-state index contributed by atoms with van der Waals surface area (Å²) < 4.78 is 0. The Morgan fingerprint density at radius 2 is 1.92 bits per heavy atom. The molecule has 2 amide bonds. The molecule has 1 aromatic rings.